The number of amides is 1. The summed E-state index contributed by atoms with van der Waals surface area (Å²) in [7, 11) is 0. The molecule has 0 aromatic carbocycles. The molecule has 0 radical (unpaired) electrons. The minimum Gasteiger partial charge on any atom is -0.493 e. The molecule has 0 unspecified atom stereocenters. The molecule has 0 spiro atoms. The summed E-state index contributed by atoms with van der Waals surface area (Å²) in [5.74, 6) is 3.04. The van der Waals surface area contributed by atoms with Crippen molar-refractivity contribution in [1.82, 2.24) is 15.2 Å². The average molecular weight is 459 g/mol. The summed E-state index contributed by atoms with van der Waals surface area (Å²) in [5.41, 5.74) is 1.29. The molecular weight excluding hydrogens is 420 g/mol. The highest BCUT2D eigenvalue weighted by molar-refractivity contribution is 5.76. The third kappa shape index (κ3) is 5.97. The largest absolute Gasteiger partial charge is 0.493 e. The van der Waals surface area contributed by atoms with Gasteiger partial charge in [0.1, 0.15) is 11.6 Å². The third-order valence-electron chi connectivity index (χ3n) is 7.64. The lowest BCUT2D eigenvalue weighted by molar-refractivity contribution is -0.132. The average Bonchev–Trinajstić information content (AvgIpc) is 3.34. The highest BCUT2D eigenvalue weighted by Gasteiger charge is 2.27. The Morgan fingerprint density at radius 1 is 1.09 bits per heavy atom. The van der Waals surface area contributed by atoms with Gasteiger partial charge in [0, 0.05) is 50.4 Å². The molecule has 0 bridgehead atoms. The van der Waals surface area contributed by atoms with Crippen LogP contribution in [0.2, 0.25) is 0 Å². The molecule has 1 atom stereocenters. The van der Waals surface area contributed by atoms with E-state index >= 15 is 0 Å². The number of rotatable bonds is 7. The van der Waals surface area contributed by atoms with Crippen LogP contribution in [-0.2, 0) is 20.7 Å². The highest BCUT2D eigenvalue weighted by atomic mass is 16.6. The molecule has 1 N–H and O–H groups in total. The fourth-order valence-corrected chi connectivity index (χ4v) is 5.66. The summed E-state index contributed by atoms with van der Waals surface area (Å²) in [5, 5.41) is 3.23. The zero-order chi connectivity index (χ0) is 22.5. The van der Waals surface area contributed by atoms with Gasteiger partial charge in [0.2, 0.25) is 5.91 Å². The fourth-order valence-electron chi connectivity index (χ4n) is 5.66. The second-order valence-corrected chi connectivity index (χ2v) is 9.88. The number of nitrogens with zero attached hydrogens (tertiary/aromatic N) is 3. The van der Waals surface area contributed by atoms with Crippen LogP contribution in [0.15, 0.2) is 12.3 Å². The van der Waals surface area contributed by atoms with Crippen molar-refractivity contribution in [3.8, 4) is 5.75 Å². The number of aromatic nitrogens is 1. The van der Waals surface area contributed by atoms with Crippen LogP contribution in [0.3, 0.4) is 0 Å². The quantitative estimate of drug-likeness (QED) is 0.670. The van der Waals surface area contributed by atoms with Gasteiger partial charge in [-0.15, -0.1) is 0 Å². The van der Waals surface area contributed by atoms with Crippen molar-refractivity contribution in [3.63, 3.8) is 0 Å². The Balaban J connectivity index is 0.980. The summed E-state index contributed by atoms with van der Waals surface area (Å²) < 4.78 is 16.7. The van der Waals surface area contributed by atoms with E-state index in [1.54, 1.807) is 0 Å². The molecule has 1 aliphatic carbocycles. The van der Waals surface area contributed by atoms with Crippen molar-refractivity contribution in [2.75, 3.05) is 64.1 Å². The molecule has 182 valence electrons. The van der Waals surface area contributed by atoms with Gasteiger partial charge in [0.25, 0.3) is 0 Å². The number of fused-ring (bicyclic) bond motifs is 1. The van der Waals surface area contributed by atoms with Crippen molar-refractivity contribution < 1.29 is 19.0 Å². The maximum Gasteiger partial charge on any atom is 0.222 e. The molecular formula is C25H38N4O4. The van der Waals surface area contributed by atoms with Gasteiger partial charge < -0.3 is 24.4 Å². The highest BCUT2D eigenvalue weighted by Crippen LogP contribution is 2.32. The lowest BCUT2D eigenvalue weighted by atomic mass is 9.84. The smallest absolute Gasteiger partial charge is 0.222 e. The van der Waals surface area contributed by atoms with Crippen LogP contribution in [0.4, 0.5) is 5.82 Å². The van der Waals surface area contributed by atoms with E-state index in [0.29, 0.717) is 32.3 Å². The first-order valence-electron chi connectivity index (χ1n) is 12.8. The summed E-state index contributed by atoms with van der Waals surface area (Å²) in [4.78, 5) is 22.0. The number of nitrogens with one attached hydrogen (secondary N) is 1. The number of ether oxygens (including phenoxy) is 3. The number of hydrogen-bond acceptors (Lipinski definition) is 7. The second-order valence-electron chi connectivity index (χ2n) is 9.88. The molecule has 8 heteroatoms. The van der Waals surface area contributed by atoms with E-state index < -0.39 is 0 Å². The monoisotopic (exact) mass is 458 g/mol. The van der Waals surface area contributed by atoms with E-state index in [0.717, 1.165) is 69.5 Å². The van der Waals surface area contributed by atoms with Gasteiger partial charge in [-0.1, -0.05) is 0 Å². The molecule has 8 nitrogen and oxygen atoms in total. The number of pyridine rings is 1. The minimum absolute atomic E-state index is 0.0810. The Bertz CT molecular complexity index is 785. The fraction of sp³-hybridized carbons (Fsp3) is 0.760. The van der Waals surface area contributed by atoms with Gasteiger partial charge >= 0.3 is 0 Å². The predicted octanol–water partition coefficient (Wildman–Crippen LogP) is 2.01. The molecule has 4 heterocycles. The van der Waals surface area contributed by atoms with Gasteiger partial charge in [-0.2, -0.15) is 0 Å². The van der Waals surface area contributed by atoms with E-state index in [-0.39, 0.29) is 12.0 Å². The first-order chi connectivity index (χ1) is 16.2. The van der Waals surface area contributed by atoms with E-state index in [1.165, 1.54) is 31.4 Å². The topological polar surface area (TPSA) is 76.2 Å². The lowest BCUT2D eigenvalue weighted by Crippen LogP contribution is -2.47. The van der Waals surface area contributed by atoms with Crippen LogP contribution < -0.4 is 15.0 Å². The van der Waals surface area contributed by atoms with Gasteiger partial charge in [0.15, 0.2) is 0 Å². The van der Waals surface area contributed by atoms with Crippen LogP contribution in [0.25, 0.3) is 0 Å². The van der Waals surface area contributed by atoms with Gasteiger partial charge in [0.05, 0.1) is 39.0 Å². The van der Waals surface area contributed by atoms with Crippen LogP contribution >= 0.6 is 0 Å². The van der Waals surface area contributed by atoms with E-state index in [2.05, 4.69) is 20.1 Å². The molecule has 1 aromatic heterocycles. The van der Waals surface area contributed by atoms with Crippen molar-refractivity contribution in [1.29, 1.82) is 0 Å². The van der Waals surface area contributed by atoms with Crippen molar-refractivity contribution >= 4 is 11.7 Å². The Hall–Kier alpha value is -1.90. The van der Waals surface area contributed by atoms with Crippen molar-refractivity contribution in [2.45, 2.75) is 57.1 Å². The first kappa shape index (κ1) is 22.9. The predicted molar refractivity (Wildman–Crippen MR) is 126 cm³/mol. The van der Waals surface area contributed by atoms with Gasteiger partial charge in [-0.25, -0.2) is 4.98 Å². The number of carbonyl (C=O) groups excluding carboxylic acids is 1. The Kier molecular flexibility index (Phi) is 7.64. The SMILES string of the molecule is O=C(C[C@H]1COCCO1)N[C@H]1CC[C@H](CCN2CCN(c3nccc4c3CCO4)CC2)CC1. The molecule has 2 saturated heterocycles. The molecule has 1 saturated carbocycles. The first-order valence-corrected chi connectivity index (χ1v) is 12.8. The maximum absolute atomic E-state index is 12.3. The number of hydrogen-bond donors (Lipinski definition) is 1. The minimum atomic E-state index is -0.0810. The Morgan fingerprint density at radius 2 is 1.94 bits per heavy atom. The zero-order valence-electron chi connectivity index (χ0n) is 19.7. The van der Waals surface area contributed by atoms with Crippen LogP contribution in [0.5, 0.6) is 5.75 Å². The summed E-state index contributed by atoms with van der Waals surface area (Å²) in [6, 6.07) is 2.31. The standard InChI is InChI=1S/C25H38N4O4/c30-24(17-21-18-31-15-16-32-21)27-20-3-1-19(2-4-20)6-9-28-10-12-29(13-11-28)25-22-7-14-33-23(22)5-8-26-25/h5,8,19-21H,1-4,6-7,9-18H2,(H,27,30)/t19-,20-,21-/m0/s1. The second kappa shape index (κ2) is 11.0. The number of anilines is 1. The molecule has 3 aliphatic heterocycles. The Labute approximate surface area is 196 Å². The maximum atomic E-state index is 12.3. The van der Waals surface area contributed by atoms with E-state index in [1.807, 2.05) is 12.3 Å². The summed E-state index contributed by atoms with van der Waals surface area (Å²) in [6.45, 7) is 8.01. The summed E-state index contributed by atoms with van der Waals surface area (Å²) >= 11 is 0. The van der Waals surface area contributed by atoms with Crippen LogP contribution in [-0.4, -0.2) is 87.1 Å². The molecule has 5 rings (SSSR count). The molecule has 1 aromatic rings. The molecule has 1 amide bonds. The van der Waals surface area contributed by atoms with Gasteiger partial charge in [-0.3, -0.25) is 9.69 Å². The van der Waals surface area contributed by atoms with Crippen LogP contribution in [0.1, 0.15) is 44.1 Å². The number of piperazine rings is 1. The van der Waals surface area contributed by atoms with Gasteiger partial charge in [-0.05, 0) is 50.6 Å². The molecule has 4 aliphatic rings. The third-order valence-corrected chi connectivity index (χ3v) is 7.64. The molecule has 3 fully saturated rings. The van der Waals surface area contributed by atoms with E-state index in [4.69, 9.17) is 14.2 Å². The lowest BCUT2D eigenvalue weighted by Gasteiger charge is -2.37. The number of carbonyl (C=O) groups is 1. The summed E-state index contributed by atoms with van der Waals surface area (Å²) in [6.07, 6.45) is 9.08. The van der Waals surface area contributed by atoms with Crippen LogP contribution in [0, 0.1) is 5.92 Å². The van der Waals surface area contributed by atoms with Crippen molar-refractivity contribution in [2.24, 2.45) is 5.92 Å². The molecule has 33 heavy (non-hydrogen) atoms. The zero-order valence-corrected chi connectivity index (χ0v) is 19.7. The van der Waals surface area contributed by atoms with Crippen molar-refractivity contribution in [3.05, 3.63) is 17.8 Å². The Morgan fingerprint density at radius 3 is 2.73 bits per heavy atom. The normalized spacial score (nSPS) is 28.2. The van der Waals surface area contributed by atoms with E-state index in [9.17, 15) is 4.79 Å².